The summed E-state index contributed by atoms with van der Waals surface area (Å²) in [4.78, 5) is 12.3. The second kappa shape index (κ2) is 9.05. The normalized spacial score (nSPS) is 11.7. The Morgan fingerprint density at radius 2 is 2.08 bits per heavy atom. The Labute approximate surface area is 161 Å². The van der Waals surface area contributed by atoms with Gasteiger partial charge in [-0.25, -0.2) is 12.7 Å². The van der Waals surface area contributed by atoms with Gasteiger partial charge in [0.1, 0.15) is 0 Å². The second-order valence-corrected chi connectivity index (χ2v) is 9.81. The van der Waals surface area contributed by atoms with Crippen LogP contribution in [0.3, 0.4) is 0 Å². The van der Waals surface area contributed by atoms with E-state index in [0.29, 0.717) is 6.54 Å². The fourth-order valence-corrected chi connectivity index (χ4v) is 4.66. The van der Waals surface area contributed by atoms with Crippen LogP contribution in [0.25, 0.3) is 0 Å². The van der Waals surface area contributed by atoms with Gasteiger partial charge in [-0.15, -0.1) is 0 Å². The first-order valence-electron chi connectivity index (χ1n) is 7.41. The summed E-state index contributed by atoms with van der Waals surface area (Å²) in [6.45, 7) is 0.481. The van der Waals surface area contributed by atoms with Crippen LogP contribution in [-0.4, -0.2) is 45.0 Å². The van der Waals surface area contributed by atoms with Crippen LogP contribution in [0.15, 0.2) is 39.9 Å². The molecule has 1 aromatic heterocycles. The molecular weight excluding hydrogens is 400 g/mol. The molecule has 0 aliphatic rings. The lowest BCUT2D eigenvalue weighted by Gasteiger charge is -2.13. The van der Waals surface area contributed by atoms with E-state index in [0.717, 1.165) is 15.8 Å². The van der Waals surface area contributed by atoms with Gasteiger partial charge in [0, 0.05) is 32.1 Å². The quantitative estimate of drug-likeness (QED) is 0.668. The van der Waals surface area contributed by atoms with Crippen molar-refractivity contribution in [3.8, 4) is 0 Å². The zero-order valence-corrected chi connectivity index (χ0v) is 17.1. The lowest BCUT2D eigenvalue weighted by Crippen LogP contribution is -2.27. The summed E-state index contributed by atoms with van der Waals surface area (Å²) in [7, 11) is -0.735. The van der Waals surface area contributed by atoms with Gasteiger partial charge >= 0.3 is 0 Å². The summed E-state index contributed by atoms with van der Waals surface area (Å²) in [6.07, 6.45) is 0. The highest BCUT2D eigenvalue weighted by Gasteiger charge is 2.20. The van der Waals surface area contributed by atoms with Gasteiger partial charge in [-0.2, -0.15) is 23.1 Å². The molecule has 1 heterocycles. The Balaban J connectivity index is 1.94. The molecule has 0 aliphatic carbocycles. The van der Waals surface area contributed by atoms with Crippen LogP contribution in [0.2, 0.25) is 5.02 Å². The molecule has 0 aliphatic heterocycles. The molecule has 0 bridgehead atoms. The highest BCUT2D eigenvalue weighted by molar-refractivity contribution is 7.98. The SMILES string of the molecule is CN(C)S(=O)(=O)c1ccc(Cl)c(C(=O)NCCSCc2ccsc2)c1. The topological polar surface area (TPSA) is 66.5 Å². The van der Waals surface area contributed by atoms with E-state index < -0.39 is 10.0 Å². The van der Waals surface area contributed by atoms with E-state index in [2.05, 4.69) is 16.8 Å². The first kappa shape index (κ1) is 20.3. The fourth-order valence-electron chi connectivity index (χ4n) is 1.95. The maximum Gasteiger partial charge on any atom is 0.252 e. The molecule has 0 radical (unpaired) electrons. The van der Waals surface area contributed by atoms with E-state index in [-0.39, 0.29) is 21.4 Å². The number of halogens is 1. The number of hydrogen-bond donors (Lipinski definition) is 1. The van der Waals surface area contributed by atoms with Crippen molar-refractivity contribution in [3.63, 3.8) is 0 Å². The summed E-state index contributed by atoms with van der Waals surface area (Å²) >= 11 is 9.44. The molecular formula is C16H19ClN2O3S3. The molecule has 0 spiro atoms. The number of carbonyl (C=O) groups excluding carboxylic acids is 1. The molecule has 2 aromatic rings. The van der Waals surface area contributed by atoms with Gasteiger partial charge in [0.25, 0.3) is 5.91 Å². The lowest BCUT2D eigenvalue weighted by molar-refractivity contribution is 0.0956. The van der Waals surface area contributed by atoms with Crippen molar-refractivity contribution in [3.05, 3.63) is 51.2 Å². The predicted molar refractivity (Wildman–Crippen MR) is 105 cm³/mol. The van der Waals surface area contributed by atoms with Gasteiger partial charge in [-0.05, 0) is 40.6 Å². The van der Waals surface area contributed by atoms with Crippen LogP contribution in [0, 0.1) is 0 Å². The summed E-state index contributed by atoms with van der Waals surface area (Å²) in [5.41, 5.74) is 1.43. The highest BCUT2D eigenvalue weighted by atomic mass is 35.5. The Morgan fingerprint density at radius 1 is 1.32 bits per heavy atom. The Bertz CT molecular complexity index is 821. The van der Waals surface area contributed by atoms with E-state index in [9.17, 15) is 13.2 Å². The molecule has 25 heavy (non-hydrogen) atoms. The van der Waals surface area contributed by atoms with Gasteiger partial charge in [0.15, 0.2) is 0 Å². The number of sulfonamides is 1. The zero-order chi connectivity index (χ0) is 18.4. The molecule has 136 valence electrons. The monoisotopic (exact) mass is 418 g/mol. The maximum absolute atomic E-state index is 12.3. The van der Waals surface area contributed by atoms with Crippen LogP contribution in [0.4, 0.5) is 0 Å². The average molecular weight is 419 g/mol. The molecule has 9 heteroatoms. The maximum atomic E-state index is 12.3. The number of benzene rings is 1. The van der Waals surface area contributed by atoms with E-state index in [1.165, 1.54) is 37.9 Å². The van der Waals surface area contributed by atoms with Crippen molar-refractivity contribution in [1.29, 1.82) is 0 Å². The summed E-state index contributed by atoms with van der Waals surface area (Å²) in [5.74, 6) is 1.28. The zero-order valence-electron chi connectivity index (χ0n) is 13.9. The largest absolute Gasteiger partial charge is 0.351 e. The number of thiophene rings is 1. The number of nitrogens with one attached hydrogen (secondary N) is 1. The Kier molecular flexibility index (Phi) is 7.33. The van der Waals surface area contributed by atoms with E-state index in [1.54, 1.807) is 23.1 Å². The molecule has 1 amide bonds. The minimum Gasteiger partial charge on any atom is -0.351 e. The van der Waals surface area contributed by atoms with Crippen LogP contribution in [0.1, 0.15) is 15.9 Å². The van der Waals surface area contributed by atoms with Crippen molar-refractivity contribution in [2.75, 3.05) is 26.4 Å². The van der Waals surface area contributed by atoms with Crippen molar-refractivity contribution in [2.45, 2.75) is 10.6 Å². The van der Waals surface area contributed by atoms with Gasteiger partial charge in [-0.3, -0.25) is 4.79 Å². The van der Waals surface area contributed by atoms with Crippen LogP contribution in [-0.2, 0) is 15.8 Å². The molecule has 5 nitrogen and oxygen atoms in total. The van der Waals surface area contributed by atoms with Crippen LogP contribution < -0.4 is 5.32 Å². The molecule has 1 N–H and O–H groups in total. The number of rotatable bonds is 8. The third kappa shape index (κ3) is 5.46. The molecule has 0 unspecified atom stereocenters. The molecule has 1 aromatic carbocycles. The van der Waals surface area contributed by atoms with Gasteiger partial charge in [0.2, 0.25) is 10.0 Å². The molecule has 2 rings (SSSR count). The molecule has 0 saturated heterocycles. The first-order valence-corrected chi connectivity index (χ1v) is 11.3. The lowest BCUT2D eigenvalue weighted by atomic mass is 10.2. The minimum atomic E-state index is -3.61. The number of carbonyl (C=O) groups is 1. The Hall–Kier alpha value is -1.06. The second-order valence-electron chi connectivity index (χ2n) is 5.37. The number of hydrogen-bond acceptors (Lipinski definition) is 5. The highest BCUT2D eigenvalue weighted by Crippen LogP contribution is 2.22. The van der Waals surface area contributed by atoms with Gasteiger partial charge in [-0.1, -0.05) is 11.6 Å². The Morgan fingerprint density at radius 3 is 2.72 bits per heavy atom. The predicted octanol–water partition coefficient (Wildman–Crippen LogP) is 3.32. The number of amides is 1. The van der Waals surface area contributed by atoms with Crippen molar-refractivity contribution >= 4 is 50.6 Å². The minimum absolute atomic E-state index is 0.0406. The molecule has 0 fully saturated rings. The standard InChI is InChI=1S/C16H19ClN2O3S3/c1-19(2)25(21,22)13-3-4-15(17)14(9-13)16(20)18-6-8-24-11-12-5-7-23-10-12/h3-5,7,9-10H,6,8,11H2,1-2H3,(H,18,20). The number of nitrogens with zero attached hydrogens (tertiary/aromatic N) is 1. The smallest absolute Gasteiger partial charge is 0.252 e. The van der Waals surface area contributed by atoms with Crippen molar-refractivity contribution in [1.82, 2.24) is 9.62 Å². The fraction of sp³-hybridized carbons (Fsp3) is 0.312. The number of thioether (sulfide) groups is 1. The summed E-state index contributed by atoms with van der Waals surface area (Å²) in [5, 5.41) is 7.14. The summed E-state index contributed by atoms with van der Waals surface area (Å²) < 4.78 is 25.5. The third-order valence-electron chi connectivity index (χ3n) is 3.34. The van der Waals surface area contributed by atoms with E-state index in [4.69, 9.17) is 11.6 Å². The van der Waals surface area contributed by atoms with Gasteiger partial charge in [0.05, 0.1) is 15.5 Å². The van der Waals surface area contributed by atoms with Crippen molar-refractivity contribution in [2.24, 2.45) is 0 Å². The average Bonchev–Trinajstić information content (AvgIpc) is 3.07. The first-order chi connectivity index (χ1) is 11.8. The van der Waals surface area contributed by atoms with Crippen molar-refractivity contribution < 1.29 is 13.2 Å². The third-order valence-corrected chi connectivity index (χ3v) is 7.24. The van der Waals surface area contributed by atoms with E-state index >= 15 is 0 Å². The summed E-state index contributed by atoms with van der Waals surface area (Å²) in [6, 6.07) is 6.21. The molecule has 0 saturated carbocycles. The van der Waals surface area contributed by atoms with Crippen LogP contribution in [0.5, 0.6) is 0 Å². The van der Waals surface area contributed by atoms with Crippen LogP contribution >= 0.6 is 34.7 Å². The molecule has 0 atom stereocenters. The van der Waals surface area contributed by atoms with Gasteiger partial charge < -0.3 is 5.32 Å². The van der Waals surface area contributed by atoms with E-state index in [1.807, 2.05) is 5.38 Å².